The second-order valence-electron chi connectivity index (χ2n) is 7.61. The second kappa shape index (κ2) is 18.1. The minimum atomic E-state index is -0.315. The number of thiocarbonyl (C=S) groups is 1. The zero-order chi connectivity index (χ0) is 23.4. The Morgan fingerprint density at radius 2 is 1.66 bits per heavy atom. The smallest absolute Gasteiger partial charge is 0.330 e. The van der Waals surface area contributed by atoms with E-state index in [0.29, 0.717) is 6.61 Å². The Morgan fingerprint density at radius 1 is 1.09 bits per heavy atom. The maximum atomic E-state index is 10.9. The molecule has 0 aliphatic heterocycles. The maximum absolute atomic E-state index is 10.9. The first kappa shape index (κ1) is 27.5. The van der Waals surface area contributed by atoms with Crippen molar-refractivity contribution in [3.05, 3.63) is 60.8 Å². The molecule has 0 amide bonds. The van der Waals surface area contributed by atoms with Crippen molar-refractivity contribution in [2.24, 2.45) is 0 Å². The molecule has 0 radical (unpaired) electrons. The van der Waals surface area contributed by atoms with Gasteiger partial charge in [0.05, 0.1) is 25.3 Å². The van der Waals surface area contributed by atoms with Gasteiger partial charge in [-0.05, 0) is 38.3 Å². The molecule has 0 spiro atoms. The molecule has 174 valence electrons. The summed E-state index contributed by atoms with van der Waals surface area (Å²) >= 11 is 3.70. The summed E-state index contributed by atoms with van der Waals surface area (Å²) in [5, 5.41) is 8.47. The number of carbonyl (C=O) groups excluding carboxylic acids is 1. The number of benzene rings is 1. The monoisotopic (exact) mass is 455 g/mol. The number of ether oxygens (including phenoxy) is 1. The first-order chi connectivity index (χ1) is 15.7. The highest BCUT2D eigenvalue weighted by Gasteiger charge is 2.17. The van der Waals surface area contributed by atoms with Gasteiger partial charge in [0.2, 0.25) is 0 Å². The Bertz CT molecular complexity index is 812. The molecule has 2 rings (SSSR count). The fraction of sp³-hybridized carbons (Fsp3) is 0.500. The summed E-state index contributed by atoms with van der Waals surface area (Å²) in [6.07, 6.45) is 16.7. The van der Waals surface area contributed by atoms with E-state index in [-0.39, 0.29) is 5.97 Å². The number of rotatable bonds is 15. The summed E-state index contributed by atoms with van der Waals surface area (Å²) < 4.78 is 9.71. The largest absolute Gasteiger partial charge is 0.753 e. The molecule has 1 aromatic carbocycles. The Kier molecular flexibility index (Phi) is 15.5. The molecule has 32 heavy (non-hydrogen) atoms. The molecule has 2 aromatic rings. The summed E-state index contributed by atoms with van der Waals surface area (Å²) in [7, 11) is 0. The average molecular weight is 456 g/mol. The molecular formula is C26H37N3O2S. The maximum Gasteiger partial charge on any atom is 0.330 e. The number of hydrogen-bond acceptors (Lipinski definition) is 3. The van der Waals surface area contributed by atoms with Crippen LogP contribution in [-0.4, -0.2) is 22.3 Å². The van der Waals surface area contributed by atoms with Gasteiger partial charge in [-0.3, -0.25) is 0 Å². The topological polar surface area (TPSA) is 57.4 Å². The molecule has 0 N–H and O–H groups in total. The van der Waals surface area contributed by atoms with Crippen molar-refractivity contribution in [1.82, 2.24) is 4.57 Å². The Labute approximate surface area is 198 Å². The molecule has 0 fully saturated rings. The van der Waals surface area contributed by atoms with Crippen LogP contribution in [0.5, 0.6) is 0 Å². The molecule has 0 saturated heterocycles. The quantitative estimate of drug-likeness (QED) is 0.0784. The average Bonchev–Trinajstić information content (AvgIpc) is 3.23. The van der Waals surface area contributed by atoms with E-state index in [1.165, 1.54) is 67.6 Å². The standard InChI is InChI=1S/C25H37N2O2.CNS/c1-3-24(28)29-22-16-11-9-7-5-6-8-10-15-19-27-21-20-26(4-2)25(27)23-17-13-12-14-18-23;2-1-3/h3,12-14,17-18,20-21H,1,4-11,15-16,19,22H2,2H3;/q+1;-1. The molecule has 0 bridgehead atoms. The molecule has 0 atom stereocenters. The Balaban J connectivity index is 0.00000161. The van der Waals surface area contributed by atoms with Gasteiger partial charge in [-0.15, -0.1) is 0 Å². The van der Waals surface area contributed by atoms with E-state index >= 15 is 0 Å². The van der Waals surface area contributed by atoms with Crippen LogP contribution in [0.1, 0.15) is 64.7 Å². The van der Waals surface area contributed by atoms with Crippen molar-refractivity contribution >= 4 is 23.3 Å². The van der Waals surface area contributed by atoms with Gasteiger partial charge in [0.25, 0.3) is 5.82 Å². The number of aryl methyl sites for hydroxylation is 2. The van der Waals surface area contributed by atoms with Crippen LogP contribution in [0.4, 0.5) is 0 Å². The third-order valence-electron chi connectivity index (χ3n) is 5.30. The van der Waals surface area contributed by atoms with Crippen LogP contribution in [0.15, 0.2) is 55.4 Å². The van der Waals surface area contributed by atoms with Gasteiger partial charge >= 0.3 is 5.97 Å². The lowest BCUT2D eigenvalue weighted by atomic mass is 10.1. The van der Waals surface area contributed by atoms with Crippen LogP contribution < -0.4 is 4.57 Å². The number of unbranched alkanes of at least 4 members (excludes halogenated alkanes) is 8. The van der Waals surface area contributed by atoms with Crippen molar-refractivity contribution in [1.29, 1.82) is 0 Å². The van der Waals surface area contributed by atoms with Crippen LogP contribution in [0.2, 0.25) is 0 Å². The van der Waals surface area contributed by atoms with Crippen molar-refractivity contribution in [2.45, 2.75) is 77.8 Å². The van der Waals surface area contributed by atoms with Gasteiger partial charge in [-0.25, -0.2) is 13.9 Å². The lowest BCUT2D eigenvalue weighted by Gasteiger charge is -2.05. The summed E-state index contributed by atoms with van der Waals surface area (Å²) in [4.78, 5) is 10.9. The number of imidazole rings is 1. The molecule has 0 aliphatic rings. The van der Waals surface area contributed by atoms with Crippen molar-refractivity contribution < 1.29 is 14.1 Å². The number of carbonyl (C=O) groups is 1. The molecule has 1 heterocycles. The third-order valence-corrected chi connectivity index (χ3v) is 5.30. The van der Waals surface area contributed by atoms with Gasteiger partial charge < -0.3 is 10.1 Å². The van der Waals surface area contributed by atoms with E-state index in [4.69, 9.17) is 10.1 Å². The molecule has 0 unspecified atom stereocenters. The van der Waals surface area contributed by atoms with Gasteiger partial charge in [0.1, 0.15) is 12.4 Å². The van der Waals surface area contributed by atoms with Crippen molar-refractivity contribution in [2.75, 3.05) is 6.61 Å². The fourth-order valence-corrected chi connectivity index (χ4v) is 3.67. The second-order valence-corrected chi connectivity index (χ2v) is 7.79. The summed E-state index contributed by atoms with van der Waals surface area (Å²) in [5.41, 5.74) is 1.29. The van der Waals surface area contributed by atoms with Crippen molar-refractivity contribution in [3.8, 4) is 11.4 Å². The third kappa shape index (κ3) is 11.2. The normalized spacial score (nSPS) is 10.0. The van der Waals surface area contributed by atoms with E-state index in [2.05, 4.69) is 77.6 Å². The van der Waals surface area contributed by atoms with E-state index in [0.717, 1.165) is 25.9 Å². The summed E-state index contributed by atoms with van der Waals surface area (Å²) in [6.45, 7) is 8.19. The van der Waals surface area contributed by atoms with Gasteiger partial charge in [-0.2, -0.15) is 5.16 Å². The van der Waals surface area contributed by atoms with E-state index in [1.807, 2.05) is 0 Å². The lowest BCUT2D eigenvalue weighted by molar-refractivity contribution is -0.686. The predicted octanol–water partition coefficient (Wildman–Crippen LogP) is 6.36. The molecule has 5 nitrogen and oxygen atoms in total. The number of nitrogens with zero attached hydrogens (tertiary/aromatic N) is 3. The SMILES string of the molecule is C=CC(=O)OCCCCCCCCCCC[n+]1ccn(CC)c1-c1ccccc1.[N-]=C=S. The molecular weight excluding hydrogens is 418 g/mol. The molecule has 0 aliphatic carbocycles. The first-order valence-corrected chi connectivity index (χ1v) is 12.0. The predicted molar refractivity (Wildman–Crippen MR) is 134 cm³/mol. The highest BCUT2D eigenvalue weighted by molar-refractivity contribution is 7.78. The summed E-state index contributed by atoms with van der Waals surface area (Å²) in [6, 6.07) is 10.7. The fourth-order valence-electron chi connectivity index (χ4n) is 3.67. The van der Waals surface area contributed by atoms with Gasteiger partial charge in [-0.1, -0.05) is 75.5 Å². The number of isothiocyanates is 1. The number of aromatic nitrogens is 2. The van der Waals surface area contributed by atoms with Gasteiger partial charge in [0, 0.05) is 6.08 Å². The molecule has 0 saturated carbocycles. The Hall–Kier alpha value is -2.56. The number of esters is 1. The van der Waals surface area contributed by atoms with Crippen molar-refractivity contribution in [3.63, 3.8) is 0 Å². The minimum absolute atomic E-state index is 0.315. The lowest BCUT2D eigenvalue weighted by Crippen LogP contribution is -2.34. The minimum Gasteiger partial charge on any atom is -0.753 e. The zero-order valence-corrected chi connectivity index (χ0v) is 20.2. The van der Waals surface area contributed by atoms with Crippen LogP contribution in [0.25, 0.3) is 16.8 Å². The molecule has 1 aromatic heterocycles. The summed E-state index contributed by atoms with van der Waals surface area (Å²) in [5.74, 6) is 0.997. The van der Waals surface area contributed by atoms with Crippen LogP contribution in [-0.2, 0) is 22.6 Å². The van der Waals surface area contributed by atoms with E-state index in [9.17, 15) is 4.79 Å². The Morgan fingerprint density at radius 3 is 2.22 bits per heavy atom. The molecule has 6 heteroatoms. The van der Waals surface area contributed by atoms with Crippen LogP contribution in [0, 0.1) is 0 Å². The van der Waals surface area contributed by atoms with Gasteiger partial charge in [0.15, 0.2) is 0 Å². The van der Waals surface area contributed by atoms with Crippen LogP contribution in [0.3, 0.4) is 0 Å². The highest BCUT2D eigenvalue weighted by Crippen LogP contribution is 2.16. The highest BCUT2D eigenvalue weighted by atomic mass is 32.1. The van der Waals surface area contributed by atoms with E-state index < -0.39 is 0 Å². The van der Waals surface area contributed by atoms with E-state index in [1.54, 1.807) is 0 Å². The first-order valence-electron chi connectivity index (χ1n) is 11.6. The zero-order valence-electron chi connectivity index (χ0n) is 19.4. The number of hydrogen-bond donors (Lipinski definition) is 0. The van der Waals surface area contributed by atoms with Crippen LogP contribution >= 0.6 is 12.2 Å².